The molecule has 0 spiro atoms. The van der Waals surface area contributed by atoms with Gasteiger partial charge < -0.3 is 15.7 Å². The molecule has 3 aromatic rings. The number of benzene rings is 2. The number of carbonyl (C=O) groups excluding carboxylic acids is 1. The Balaban J connectivity index is 1.59. The summed E-state index contributed by atoms with van der Waals surface area (Å²) in [7, 11) is 0. The van der Waals surface area contributed by atoms with Crippen LogP contribution in [0.4, 0.5) is 11.4 Å². The van der Waals surface area contributed by atoms with E-state index >= 15 is 0 Å². The summed E-state index contributed by atoms with van der Waals surface area (Å²) in [6, 6.07) is 12.1. The molecule has 1 amide bonds. The molecule has 6 heteroatoms. The summed E-state index contributed by atoms with van der Waals surface area (Å²) < 4.78 is 0. The molecule has 2 aromatic carbocycles. The minimum absolute atomic E-state index is 0.147. The zero-order valence-corrected chi connectivity index (χ0v) is 11.1. The maximum Gasteiger partial charge on any atom is 0.243 e. The van der Waals surface area contributed by atoms with E-state index in [1.807, 2.05) is 18.2 Å². The number of carbonyl (C=O) groups is 1. The molecule has 0 fully saturated rings. The van der Waals surface area contributed by atoms with Crippen molar-refractivity contribution in [3.8, 4) is 5.75 Å². The number of rotatable bonds is 4. The average molecular weight is 282 g/mol. The zero-order chi connectivity index (χ0) is 14.7. The van der Waals surface area contributed by atoms with Gasteiger partial charge in [-0.05, 0) is 42.5 Å². The van der Waals surface area contributed by atoms with Crippen molar-refractivity contribution < 1.29 is 9.90 Å². The van der Waals surface area contributed by atoms with Crippen LogP contribution in [0, 0.1) is 0 Å². The molecule has 1 aromatic heterocycles. The first kappa shape index (κ1) is 13.0. The van der Waals surface area contributed by atoms with Crippen molar-refractivity contribution in [2.75, 3.05) is 17.2 Å². The van der Waals surface area contributed by atoms with Crippen LogP contribution in [0.2, 0.25) is 0 Å². The number of anilines is 2. The van der Waals surface area contributed by atoms with Gasteiger partial charge in [0.25, 0.3) is 0 Å². The lowest BCUT2D eigenvalue weighted by Crippen LogP contribution is -2.21. The number of hydrogen-bond donors (Lipinski definition) is 4. The van der Waals surface area contributed by atoms with Gasteiger partial charge in [0.2, 0.25) is 5.91 Å². The molecule has 0 aliphatic carbocycles. The Bertz CT molecular complexity index is 765. The molecular weight excluding hydrogens is 268 g/mol. The van der Waals surface area contributed by atoms with Gasteiger partial charge in [0, 0.05) is 16.8 Å². The Hall–Kier alpha value is -3.02. The predicted molar refractivity (Wildman–Crippen MR) is 81.3 cm³/mol. The number of aromatic amines is 1. The molecule has 0 atom stereocenters. The molecule has 0 saturated carbocycles. The van der Waals surface area contributed by atoms with Gasteiger partial charge in [-0.25, -0.2) is 0 Å². The number of phenols is 1. The van der Waals surface area contributed by atoms with E-state index in [0.717, 1.165) is 22.3 Å². The fourth-order valence-corrected chi connectivity index (χ4v) is 1.99. The second kappa shape index (κ2) is 5.54. The molecule has 4 N–H and O–H groups in total. The Labute approximate surface area is 120 Å². The lowest BCUT2D eigenvalue weighted by Gasteiger charge is -2.08. The summed E-state index contributed by atoms with van der Waals surface area (Å²) in [5.41, 5.74) is 2.42. The number of fused-ring (bicyclic) bond motifs is 1. The Morgan fingerprint density at radius 1 is 1.14 bits per heavy atom. The van der Waals surface area contributed by atoms with Crippen molar-refractivity contribution in [1.82, 2.24) is 10.2 Å². The van der Waals surface area contributed by atoms with E-state index in [0.29, 0.717) is 0 Å². The highest BCUT2D eigenvalue weighted by atomic mass is 16.3. The van der Waals surface area contributed by atoms with Gasteiger partial charge >= 0.3 is 0 Å². The van der Waals surface area contributed by atoms with E-state index in [2.05, 4.69) is 20.8 Å². The summed E-state index contributed by atoms with van der Waals surface area (Å²) in [5.74, 6) is 0.0457. The molecule has 21 heavy (non-hydrogen) atoms. The third kappa shape index (κ3) is 3.11. The molecule has 0 unspecified atom stereocenters. The van der Waals surface area contributed by atoms with E-state index in [-0.39, 0.29) is 18.2 Å². The third-order valence-corrected chi connectivity index (χ3v) is 3.04. The number of phenolic OH excluding ortho intramolecular Hbond substituents is 1. The predicted octanol–water partition coefficient (Wildman–Crippen LogP) is 2.32. The normalized spacial score (nSPS) is 10.5. The zero-order valence-electron chi connectivity index (χ0n) is 11.1. The van der Waals surface area contributed by atoms with Crippen molar-refractivity contribution in [3.63, 3.8) is 0 Å². The molecule has 0 radical (unpaired) electrons. The summed E-state index contributed by atoms with van der Waals surface area (Å²) in [6.07, 6.45) is 1.71. The van der Waals surface area contributed by atoms with E-state index < -0.39 is 0 Å². The van der Waals surface area contributed by atoms with Crippen molar-refractivity contribution >= 4 is 28.2 Å². The first-order valence-electron chi connectivity index (χ1n) is 6.46. The minimum Gasteiger partial charge on any atom is -0.508 e. The van der Waals surface area contributed by atoms with Crippen molar-refractivity contribution in [3.05, 3.63) is 48.7 Å². The third-order valence-electron chi connectivity index (χ3n) is 3.04. The van der Waals surface area contributed by atoms with E-state index in [9.17, 15) is 9.90 Å². The summed E-state index contributed by atoms with van der Waals surface area (Å²) >= 11 is 0. The number of H-pyrrole nitrogens is 1. The number of aromatic nitrogens is 2. The molecule has 0 saturated heterocycles. The first-order chi connectivity index (χ1) is 10.2. The van der Waals surface area contributed by atoms with Gasteiger partial charge in [-0.1, -0.05) is 0 Å². The summed E-state index contributed by atoms with van der Waals surface area (Å²) in [6.45, 7) is 0.147. The van der Waals surface area contributed by atoms with Gasteiger partial charge in [-0.2, -0.15) is 5.10 Å². The molecule has 1 heterocycles. The number of nitrogens with one attached hydrogen (secondary N) is 3. The van der Waals surface area contributed by atoms with Crippen molar-refractivity contribution in [1.29, 1.82) is 0 Å². The number of hydrogen-bond acceptors (Lipinski definition) is 4. The van der Waals surface area contributed by atoms with Gasteiger partial charge in [-0.15, -0.1) is 0 Å². The van der Waals surface area contributed by atoms with Gasteiger partial charge in [-0.3, -0.25) is 9.89 Å². The monoisotopic (exact) mass is 282 g/mol. The van der Waals surface area contributed by atoms with Crippen LogP contribution in [0.3, 0.4) is 0 Å². The Kier molecular flexibility index (Phi) is 3.42. The molecular formula is C15H14N4O2. The average Bonchev–Trinajstić information content (AvgIpc) is 2.94. The topological polar surface area (TPSA) is 90.0 Å². The lowest BCUT2D eigenvalue weighted by molar-refractivity contribution is -0.114. The van der Waals surface area contributed by atoms with Crippen LogP contribution < -0.4 is 10.6 Å². The van der Waals surface area contributed by atoms with E-state index in [1.165, 1.54) is 0 Å². The molecule has 0 bridgehead atoms. The Morgan fingerprint density at radius 3 is 2.71 bits per heavy atom. The van der Waals surface area contributed by atoms with Crippen LogP contribution >= 0.6 is 0 Å². The fourth-order valence-electron chi connectivity index (χ4n) is 1.99. The van der Waals surface area contributed by atoms with E-state index in [1.54, 1.807) is 30.5 Å². The fraction of sp³-hybridized carbons (Fsp3) is 0.0667. The SMILES string of the molecule is O=C(CNc1ccc(O)cc1)Nc1ccc2[nH]ncc2c1. The van der Waals surface area contributed by atoms with E-state index in [4.69, 9.17) is 0 Å². The highest BCUT2D eigenvalue weighted by Gasteiger charge is 2.04. The highest BCUT2D eigenvalue weighted by molar-refractivity contribution is 5.95. The second-order valence-corrected chi connectivity index (χ2v) is 4.62. The maximum atomic E-state index is 11.9. The minimum atomic E-state index is -0.147. The highest BCUT2D eigenvalue weighted by Crippen LogP contribution is 2.17. The van der Waals surface area contributed by atoms with Gasteiger partial charge in [0.1, 0.15) is 5.75 Å². The standard InChI is InChI=1S/C15H14N4O2/c20-13-4-1-11(2-5-13)16-9-15(21)18-12-3-6-14-10(7-12)8-17-19-14/h1-8,16,20H,9H2,(H,17,19)(H,18,21). The number of nitrogens with zero attached hydrogens (tertiary/aromatic N) is 1. The van der Waals surface area contributed by atoms with Gasteiger partial charge in [0.15, 0.2) is 0 Å². The second-order valence-electron chi connectivity index (χ2n) is 4.62. The number of amides is 1. The maximum absolute atomic E-state index is 11.9. The molecule has 0 aliphatic heterocycles. The smallest absolute Gasteiger partial charge is 0.243 e. The van der Waals surface area contributed by atoms with Gasteiger partial charge in [0.05, 0.1) is 18.3 Å². The quantitative estimate of drug-likeness (QED) is 0.553. The lowest BCUT2D eigenvalue weighted by atomic mass is 10.2. The van der Waals surface area contributed by atoms with Crippen molar-refractivity contribution in [2.24, 2.45) is 0 Å². The Morgan fingerprint density at radius 2 is 1.90 bits per heavy atom. The van der Waals surface area contributed by atoms with Crippen LogP contribution in [0.25, 0.3) is 10.9 Å². The van der Waals surface area contributed by atoms with Crippen LogP contribution in [-0.2, 0) is 4.79 Å². The molecule has 0 aliphatic rings. The van der Waals surface area contributed by atoms with Crippen LogP contribution in [0.5, 0.6) is 5.75 Å². The first-order valence-corrected chi connectivity index (χ1v) is 6.46. The van der Waals surface area contributed by atoms with Crippen LogP contribution in [-0.4, -0.2) is 27.8 Å². The largest absolute Gasteiger partial charge is 0.508 e. The van der Waals surface area contributed by atoms with Crippen LogP contribution in [0.1, 0.15) is 0 Å². The molecule has 6 nitrogen and oxygen atoms in total. The number of aromatic hydroxyl groups is 1. The summed E-state index contributed by atoms with van der Waals surface area (Å²) in [5, 5.41) is 22.7. The molecule has 3 rings (SSSR count). The van der Waals surface area contributed by atoms with Crippen LogP contribution in [0.15, 0.2) is 48.7 Å². The van der Waals surface area contributed by atoms with Crippen molar-refractivity contribution in [2.45, 2.75) is 0 Å². The molecule has 106 valence electrons. The summed E-state index contributed by atoms with van der Waals surface area (Å²) in [4.78, 5) is 11.9.